The molecular weight excluding hydrogens is 284 g/mol. The summed E-state index contributed by atoms with van der Waals surface area (Å²) >= 11 is 6.27. The maximum atomic E-state index is 6.27. The number of ether oxygens (including phenoxy) is 1. The van der Waals surface area contributed by atoms with Gasteiger partial charge in [0.15, 0.2) is 0 Å². The van der Waals surface area contributed by atoms with Crippen LogP contribution in [0.5, 0.6) is 11.6 Å². The molecule has 0 spiro atoms. The minimum Gasteiger partial charge on any atom is -0.438 e. The number of aryl methyl sites for hydroxylation is 1. The lowest BCUT2D eigenvalue weighted by Crippen LogP contribution is -2.15. The van der Waals surface area contributed by atoms with Crippen molar-refractivity contribution in [2.75, 3.05) is 0 Å². The first-order chi connectivity index (χ1) is 10.2. The number of rotatable bonds is 6. The van der Waals surface area contributed by atoms with Gasteiger partial charge in [-0.2, -0.15) is 0 Å². The monoisotopic (exact) mass is 302 g/mol. The fourth-order valence-electron chi connectivity index (χ4n) is 2.13. The lowest BCUT2D eigenvalue weighted by Gasteiger charge is -2.09. The average molecular weight is 303 g/mol. The van der Waals surface area contributed by atoms with E-state index in [0.717, 1.165) is 24.3 Å². The molecule has 3 rings (SSSR count). The SMILES string of the molecule is CCc1cccc(Oc2ncc(CNC3CC3)cc2Cl)c1. The Morgan fingerprint density at radius 3 is 2.86 bits per heavy atom. The van der Waals surface area contributed by atoms with E-state index in [4.69, 9.17) is 16.3 Å². The van der Waals surface area contributed by atoms with Crippen molar-refractivity contribution in [2.45, 2.75) is 38.8 Å². The van der Waals surface area contributed by atoms with Crippen LogP contribution in [0.15, 0.2) is 36.5 Å². The topological polar surface area (TPSA) is 34.1 Å². The summed E-state index contributed by atoms with van der Waals surface area (Å²) in [5, 5.41) is 3.99. The highest BCUT2D eigenvalue weighted by Crippen LogP contribution is 2.28. The molecule has 0 unspecified atom stereocenters. The zero-order valence-electron chi connectivity index (χ0n) is 12.1. The summed E-state index contributed by atoms with van der Waals surface area (Å²) in [7, 11) is 0. The zero-order chi connectivity index (χ0) is 14.7. The molecule has 0 amide bonds. The molecule has 1 N–H and O–H groups in total. The van der Waals surface area contributed by atoms with Crippen LogP contribution < -0.4 is 10.1 Å². The van der Waals surface area contributed by atoms with Gasteiger partial charge in [0.25, 0.3) is 0 Å². The van der Waals surface area contributed by atoms with Gasteiger partial charge in [-0.25, -0.2) is 4.98 Å². The Morgan fingerprint density at radius 1 is 1.29 bits per heavy atom. The van der Waals surface area contributed by atoms with Gasteiger partial charge >= 0.3 is 0 Å². The van der Waals surface area contributed by atoms with Gasteiger partial charge in [-0.1, -0.05) is 30.7 Å². The molecule has 1 aromatic heterocycles. The minimum atomic E-state index is 0.458. The molecular formula is C17H19ClN2O. The number of pyridine rings is 1. The van der Waals surface area contributed by atoms with Crippen LogP contribution in [0.3, 0.4) is 0 Å². The van der Waals surface area contributed by atoms with E-state index in [1.165, 1.54) is 18.4 Å². The maximum Gasteiger partial charge on any atom is 0.238 e. The van der Waals surface area contributed by atoms with E-state index in [2.05, 4.69) is 23.3 Å². The number of nitrogens with one attached hydrogen (secondary N) is 1. The first kappa shape index (κ1) is 14.4. The molecule has 1 heterocycles. The number of hydrogen-bond donors (Lipinski definition) is 1. The van der Waals surface area contributed by atoms with E-state index in [-0.39, 0.29) is 0 Å². The van der Waals surface area contributed by atoms with Crippen LogP contribution >= 0.6 is 11.6 Å². The molecule has 2 aromatic rings. The molecule has 1 aromatic carbocycles. The number of aromatic nitrogens is 1. The van der Waals surface area contributed by atoms with Crippen molar-refractivity contribution in [3.63, 3.8) is 0 Å². The van der Waals surface area contributed by atoms with Gasteiger partial charge in [0.2, 0.25) is 5.88 Å². The van der Waals surface area contributed by atoms with Crippen LogP contribution in [-0.4, -0.2) is 11.0 Å². The molecule has 1 aliphatic rings. The number of benzene rings is 1. The van der Waals surface area contributed by atoms with E-state index in [0.29, 0.717) is 16.9 Å². The Balaban J connectivity index is 1.69. The highest BCUT2D eigenvalue weighted by atomic mass is 35.5. The molecule has 1 saturated carbocycles. The van der Waals surface area contributed by atoms with Crippen molar-refractivity contribution in [3.8, 4) is 11.6 Å². The van der Waals surface area contributed by atoms with Crippen LogP contribution in [0.2, 0.25) is 5.02 Å². The summed E-state index contributed by atoms with van der Waals surface area (Å²) in [4.78, 5) is 4.33. The second-order valence-corrected chi connectivity index (χ2v) is 5.80. The van der Waals surface area contributed by atoms with Gasteiger partial charge in [0, 0.05) is 18.8 Å². The second kappa shape index (κ2) is 6.46. The third kappa shape index (κ3) is 3.96. The highest BCUT2D eigenvalue weighted by Gasteiger charge is 2.20. The summed E-state index contributed by atoms with van der Waals surface area (Å²) in [6.07, 6.45) is 5.34. The van der Waals surface area contributed by atoms with Crippen molar-refractivity contribution in [2.24, 2.45) is 0 Å². The molecule has 0 saturated heterocycles. The molecule has 110 valence electrons. The van der Waals surface area contributed by atoms with Gasteiger partial charge in [0.05, 0.1) is 0 Å². The van der Waals surface area contributed by atoms with E-state index in [1.807, 2.05) is 30.5 Å². The molecule has 0 aliphatic heterocycles. The van der Waals surface area contributed by atoms with Gasteiger partial charge < -0.3 is 10.1 Å². The van der Waals surface area contributed by atoms with Crippen LogP contribution in [0.1, 0.15) is 30.9 Å². The summed E-state index contributed by atoms with van der Waals surface area (Å²) in [5.74, 6) is 1.23. The summed E-state index contributed by atoms with van der Waals surface area (Å²) in [5.41, 5.74) is 2.32. The molecule has 0 bridgehead atoms. The Hall–Kier alpha value is -1.58. The van der Waals surface area contributed by atoms with E-state index >= 15 is 0 Å². The first-order valence-electron chi connectivity index (χ1n) is 7.39. The Kier molecular flexibility index (Phi) is 4.42. The average Bonchev–Trinajstić information content (AvgIpc) is 3.32. The maximum absolute atomic E-state index is 6.27. The molecule has 1 fully saturated rings. The van der Waals surface area contributed by atoms with Gasteiger partial charge in [0.1, 0.15) is 10.8 Å². The van der Waals surface area contributed by atoms with Gasteiger partial charge in [-0.3, -0.25) is 0 Å². The fourth-order valence-corrected chi connectivity index (χ4v) is 2.35. The van der Waals surface area contributed by atoms with E-state index < -0.39 is 0 Å². The smallest absolute Gasteiger partial charge is 0.238 e. The first-order valence-corrected chi connectivity index (χ1v) is 7.77. The van der Waals surface area contributed by atoms with Crippen molar-refractivity contribution < 1.29 is 4.74 Å². The Bertz CT molecular complexity index is 626. The van der Waals surface area contributed by atoms with Gasteiger partial charge in [-0.05, 0) is 48.6 Å². The predicted molar refractivity (Wildman–Crippen MR) is 85.0 cm³/mol. The molecule has 4 heteroatoms. The Morgan fingerprint density at radius 2 is 2.14 bits per heavy atom. The van der Waals surface area contributed by atoms with Crippen LogP contribution in [0.4, 0.5) is 0 Å². The summed E-state index contributed by atoms with van der Waals surface area (Å²) in [6.45, 7) is 2.93. The predicted octanol–water partition coefficient (Wildman–Crippen LogP) is 4.34. The number of nitrogens with zero attached hydrogens (tertiary/aromatic N) is 1. The molecule has 0 radical (unpaired) electrons. The molecule has 1 aliphatic carbocycles. The van der Waals surface area contributed by atoms with Gasteiger partial charge in [-0.15, -0.1) is 0 Å². The highest BCUT2D eigenvalue weighted by molar-refractivity contribution is 6.31. The van der Waals surface area contributed by atoms with Crippen molar-refractivity contribution in [3.05, 3.63) is 52.7 Å². The lowest BCUT2D eigenvalue weighted by atomic mass is 10.2. The second-order valence-electron chi connectivity index (χ2n) is 5.39. The Labute approximate surface area is 130 Å². The van der Waals surface area contributed by atoms with Crippen LogP contribution in [0, 0.1) is 0 Å². The minimum absolute atomic E-state index is 0.458. The van der Waals surface area contributed by atoms with Crippen molar-refractivity contribution in [1.29, 1.82) is 0 Å². The van der Waals surface area contributed by atoms with Crippen LogP contribution in [-0.2, 0) is 13.0 Å². The summed E-state index contributed by atoms with van der Waals surface area (Å²) in [6, 6.07) is 10.6. The van der Waals surface area contributed by atoms with E-state index in [9.17, 15) is 0 Å². The number of hydrogen-bond acceptors (Lipinski definition) is 3. The van der Waals surface area contributed by atoms with E-state index in [1.54, 1.807) is 0 Å². The largest absolute Gasteiger partial charge is 0.438 e. The van der Waals surface area contributed by atoms with Crippen molar-refractivity contribution >= 4 is 11.6 Å². The van der Waals surface area contributed by atoms with Crippen LogP contribution in [0.25, 0.3) is 0 Å². The quantitative estimate of drug-likeness (QED) is 0.862. The molecule has 3 nitrogen and oxygen atoms in total. The van der Waals surface area contributed by atoms with Crippen molar-refractivity contribution in [1.82, 2.24) is 10.3 Å². The third-order valence-corrected chi connectivity index (χ3v) is 3.83. The normalized spacial score (nSPS) is 14.2. The standard InChI is InChI=1S/C17H19ClN2O/c1-2-12-4-3-5-15(8-12)21-17-16(18)9-13(11-20-17)10-19-14-6-7-14/h3-5,8-9,11,14,19H,2,6-7,10H2,1H3. The molecule has 0 atom stereocenters. The third-order valence-electron chi connectivity index (χ3n) is 3.56. The molecule has 21 heavy (non-hydrogen) atoms. The lowest BCUT2D eigenvalue weighted by molar-refractivity contribution is 0.462. The number of halogens is 1. The summed E-state index contributed by atoms with van der Waals surface area (Å²) < 4.78 is 5.78. The zero-order valence-corrected chi connectivity index (χ0v) is 12.9. The fraction of sp³-hybridized carbons (Fsp3) is 0.353.